The summed E-state index contributed by atoms with van der Waals surface area (Å²) in [7, 11) is 0. The molecule has 1 aromatic carbocycles. The van der Waals surface area contributed by atoms with Gasteiger partial charge in [-0.3, -0.25) is 14.2 Å². The van der Waals surface area contributed by atoms with E-state index in [1.54, 1.807) is 24.8 Å². The molecule has 1 atom stereocenters. The smallest absolute Gasteiger partial charge is 0.261 e. The van der Waals surface area contributed by atoms with Crippen LogP contribution in [-0.4, -0.2) is 43.7 Å². The number of amides is 1. The molecule has 1 amide bonds. The van der Waals surface area contributed by atoms with Gasteiger partial charge in [0.2, 0.25) is 5.91 Å². The molecule has 1 aliphatic rings. The molecule has 3 rings (SSSR count). The Morgan fingerprint density at radius 3 is 2.88 bits per heavy atom. The van der Waals surface area contributed by atoms with Crippen LogP contribution in [0.1, 0.15) is 38.7 Å². The van der Waals surface area contributed by atoms with E-state index in [9.17, 15) is 14.7 Å². The lowest BCUT2D eigenvalue weighted by Crippen LogP contribution is -2.48. The fourth-order valence-corrected chi connectivity index (χ4v) is 3.66. The normalized spacial score (nSPS) is 18.1. The van der Waals surface area contributed by atoms with Crippen molar-refractivity contribution in [3.63, 3.8) is 0 Å². The minimum absolute atomic E-state index is 0.0270. The molecule has 0 aliphatic carbocycles. The van der Waals surface area contributed by atoms with Crippen molar-refractivity contribution in [3.8, 4) is 0 Å². The van der Waals surface area contributed by atoms with Gasteiger partial charge in [0.1, 0.15) is 0 Å². The molecule has 25 heavy (non-hydrogen) atoms. The lowest BCUT2D eigenvalue weighted by molar-refractivity contribution is -0.136. The summed E-state index contributed by atoms with van der Waals surface area (Å²) in [5.74, 6) is -0.0270. The zero-order valence-electron chi connectivity index (χ0n) is 15.0. The van der Waals surface area contributed by atoms with E-state index in [2.05, 4.69) is 4.98 Å². The number of carbonyl (C=O) groups is 1. The van der Waals surface area contributed by atoms with Crippen molar-refractivity contribution in [2.75, 3.05) is 6.54 Å². The summed E-state index contributed by atoms with van der Waals surface area (Å²) in [6.07, 6.45) is 3.46. The average Bonchev–Trinajstić information content (AvgIpc) is 3.05. The van der Waals surface area contributed by atoms with E-state index in [-0.39, 0.29) is 23.9 Å². The van der Waals surface area contributed by atoms with E-state index < -0.39 is 5.60 Å². The van der Waals surface area contributed by atoms with Gasteiger partial charge in [0.25, 0.3) is 5.56 Å². The molecule has 0 spiro atoms. The third kappa shape index (κ3) is 3.44. The highest BCUT2D eigenvalue weighted by Crippen LogP contribution is 2.27. The molecule has 1 aliphatic heterocycles. The minimum atomic E-state index is -0.912. The second-order valence-electron chi connectivity index (χ2n) is 7.36. The maximum absolute atomic E-state index is 12.6. The highest BCUT2D eigenvalue weighted by molar-refractivity contribution is 5.80. The first kappa shape index (κ1) is 17.6. The van der Waals surface area contributed by atoms with Crippen LogP contribution in [-0.2, 0) is 11.3 Å². The van der Waals surface area contributed by atoms with Crippen LogP contribution in [0.3, 0.4) is 0 Å². The van der Waals surface area contributed by atoms with Crippen molar-refractivity contribution < 1.29 is 9.90 Å². The quantitative estimate of drug-likeness (QED) is 0.919. The number of fused-ring (bicyclic) bond motifs is 1. The van der Waals surface area contributed by atoms with Gasteiger partial charge in [-0.1, -0.05) is 12.1 Å². The number of likely N-dealkylation sites (tertiary alicyclic amines) is 1. The first-order valence-corrected chi connectivity index (χ1v) is 8.75. The van der Waals surface area contributed by atoms with Gasteiger partial charge in [-0.05, 0) is 45.2 Å². The van der Waals surface area contributed by atoms with Gasteiger partial charge in [-0.2, -0.15) is 0 Å². The SMILES string of the molecule is Cc1cccc2c(=O)n(CCC(=O)N3CCCC3C(C)(C)O)cnc12. The van der Waals surface area contributed by atoms with Gasteiger partial charge < -0.3 is 10.0 Å². The van der Waals surface area contributed by atoms with Gasteiger partial charge in [0.15, 0.2) is 0 Å². The Balaban J connectivity index is 1.76. The maximum Gasteiger partial charge on any atom is 0.261 e. The number of hydrogen-bond donors (Lipinski definition) is 1. The molecule has 0 bridgehead atoms. The number of aliphatic hydroxyl groups is 1. The second kappa shape index (κ2) is 6.59. The Hall–Kier alpha value is -2.21. The zero-order chi connectivity index (χ0) is 18.2. The van der Waals surface area contributed by atoms with Gasteiger partial charge in [0, 0.05) is 19.5 Å². The molecular weight excluding hydrogens is 318 g/mol. The van der Waals surface area contributed by atoms with Gasteiger partial charge >= 0.3 is 0 Å². The summed E-state index contributed by atoms with van der Waals surface area (Å²) >= 11 is 0. The summed E-state index contributed by atoms with van der Waals surface area (Å²) < 4.78 is 1.49. The molecule has 1 N–H and O–H groups in total. The van der Waals surface area contributed by atoms with Gasteiger partial charge in [0.05, 0.1) is 28.9 Å². The summed E-state index contributed by atoms with van der Waals surface area (Å²) in [5, 5.41) is 10.8. The molecule has 6 heteroatoms. The zero-order valence-corrected chi connectivity index (χ0v) is 15.0. The van der Waals surface area contributed by atoms with Crippen molar-refractivity contribution in [1.82, 2.24) is 14.5 Å². The molecule has 0 radical (unpaired) electrons. The van der Waals surface area contributed by atoms with Crippen molar-refractivity contribution in [2.45, 2.75) is 58.2 Å². The Labute approximate surface area is 147 Å². The van der Waals surface area contributed by atoms with E-state index in [1.165, 1.54) is 10.9 Å². The van der Waals surface area contributed by atoms with Crippen LogP contribution in [0.5, 0.6) is 0 Å². The topological polar surface area (TPSA) is 75.4 Å². The number of aromatic nitrogens is 2. The molecule has 1 saturated heterocycles. The monoisotopic (exact) mass is 343 g/mol. The van der Waals surface area contributed by atoms with Crippen LogP contribution in [0, 0.1) is 6.92 Å². The lowest BCUT2D eigenvalue weighted by Gasteiger charge is -2.33. The first-order chi connectivity index (χ1) is 11.8. The number of benzene rings is 1. The van der Waals surface area contributed by atoms with E-state index in [1.807, 2.05) is 19.1 Å². The molecule has 1 unspecified atom stereocenters. The summed E-state index contributed by atoms with van der Waals surface area (Å²) in [6, 6.07) is 5.37. The third-order valence-corrected chi connectivity index (χ3v) is 5.01. The Bertz CT molecular complexity index is 851. The van der Waals surface area contributed by atoms with Crippen LogP contribution in [0.2, 0.25) is 0 Å². The number of carbonyl (C=O) groups excluding carboxylic acids is 1. The number of aryl methyl sites for hydroxylation is 2. The fourth-order valence-electron chi connectivity index (χ4n) is 3.66. The van der Waals surface area contributed by atoms with Crippen molar-refractivity contribution in [1.29, 1.82) is 0 Å². The van der Waals surface area contributed by atoms with Crippen molar-refractivity contribution >= 4 is 16.8 Å². The standard InChI is InChI=1S/C19H25N3O3/c1-13-6-4-7-14-17(13)20-12-21(18(14)24)11-9-16(23)22-10-5-8-15(22)19(2,3)25/h4,6-7,12,15,25H,5,8-11H2,1-3H3. The fraction of sp³-hybridized carbons (Fsp3) is 0.526. The predicted molar refractivity (Wildman–Crippen MR) is 96.4 cm³/mol. The maximum atomic E-state index is 12.6. The lowest BCUT2D eigenvalue weighted by atomic mass is 9.96. The molecule has 2 heterocycles. The van der Waals surface area contributed by atoms with E-state index in [0.29, 0.717) is 24.0 Å². The molecular formula is C19H25N3O3. The summed E-state index contributed by atoms with van der Waals surface area (Å²) in [6.45, 7) is 6.36. The summed E-state index contributed by atoms with van der Waals surface area (Å²) in [5.41, 5.74) is 0.631. The number of nitrogens with zero attached hydrogens (tertiary/aromatic N) is 3. The number of para-hydroxylation sites is 1. The second-order valence-corrected chi connectivity index (χ2v) is 7.36. The number of hydrogen-bond acceptors (Lipinski definition) is 4. The van der Waals surface area contributed by atoms with E-state index in [0.717, 1.165) is 18.4 Å². The highest BCUT2D eigenvalue weighted by Gasteiger charge is 2.38. The van der Waals surface area contributed by atoms with Gasteiger partial charge in [-0.25, -0.2) is 4.98 Å². The van der Waals surface area contributed by atoms with Crippen LogP contribution in [0.4, 0.5) is 0 Å². The Kier molecular flexibility index (Phi) is 4.64. The molecule has 6 nitrogen and oxygen atoms in total. The summed E-state index contributed by atoms with van der Waals surface area (Å²) in [4.78, 5) is 31.3. The van der Waals surface area contributed by atoms with Crippen LogP contribution >= 0.6 is 0 Å². The van der Waals surface area contributed by atoms with E-state index >= 15 is 0 Å². The van der Waals surface area contributed by atoms with Crippen LogP contribution in [0.15, 0.2) is 29.3 Å². The molecule has 1 aromatic heterocycles. The van der Waals surface area contributed by atoms with Crippen molar-refractivity contribution in [3.05, 3.63) is 40.4 Å². The average molecular weight is 343 g/mol. The molecule has 2 aromatic rings. The predicted octanol–water partition coefficient (Wildman–Crippen LogP) is 1.86. The Morgan fingerprint density at radius 2 is 2.16 bits per heavy atom. The largest absolute Gasteiger partial charge is 0.388 e. The minimum Gasteiger partial charge on any atom is -0.388 e. The molecule has 134 valence electrons. The Morgan fingerprint density at radius 1 is 1.40 bits per heavy atom. The number of rotatable bonds is 4. The first-order valence-electron chi connectivity index (χ1n) is 8.75. The van der Waals surface area contributed by atoms with Crippen LogP contribution < -0.4 is 5.56 Å². The van der Waals surface area contributed by atoms with Gasteiger partial charge in [-0.15, -0.1) is 0 Å². The molecule has 1 fully saturated rings. The van der Waals surface area contributed by atoms with Crippen LogP contribution in [0.25, 0.3) is 10.9 Å². The van der Waals surface area contributed by atoms with Crippen molar-refractivity contribution in [2.24, 2.45) is 0 Å². The molecule has 0 saturated carbocycles. The van der Waals surface area contributed by atoms with E-state index in [4.69, 9.17) is 0 Å². The highest BCUT2D eigenvalue weighted by atomic mass is 16.3. The third-order valence-electron chi connectivity index (χ3n) is 5.01.